The summed E-state index contributed by atoms with van der Waals surface area (Å²) in [6.45, 7) is 0. The van der Waals surface area contributed by atoms with Crippen molar-refractivity contribution in [1.82, 2.24) is 9.97 Å². The molecule has 2 nitrogen and oxygen atoms in total. The van der Waals surface area contributed by atoms with Crippen LogP contribution in [0.2, 0.25) is 0 Å². The fourth-order valence-corrected chi connectivity index (χ4v) is 6.56. The summed E-state index contributed by atoms with van der Waals surface area (Å²) in [7, 11) is 0. The Labute approximate surface area is 317 Å². The van der Waals surface area contributed by atoms with Crippen molar-refractivity contribution in [3.05, 3.63) is 231 Å². The molecule has 0 N–H and O–H groups in total. The van der Waals surface area contributed by atoms with E-state index in [9.17, 15) is 0 Å². The Balaban J connectivity index is 0.000000157. The van der Waals surface area contributed by atoms with E-state index in [0.717, 1.165) is 45.0 Å². The van der Waals surface area contributed by atoms with E-state index < -0.39 is 0 Å². The second-order valence-electron chi connectivity index (χ2n) is 13.0. The quantitative estimate of drug-likeness (QED) is 0.166. The summed E-state index contributed by atoms with van der Waals surface area (Å²) in [4.78, 5) is 9.93. The van der Waals surface area contributed by atoms with Crippen molar-refractivity contribution in [2.24, 2.45) is 0 Å². The summed E-state index contributed by atoms with van der Waals surface area (Å²) < 4.78 is 0. The van der Waals surface area contributed by atoms with Crippen LogP contribution in [0, 0.1) is 0 Å². The molecule has 54 heavy (non-hydrogen) atoms. The highest BCUT2D eigenvalue weighted by molar-refractivity contribution is 5.79. The smallest absolute Gasteiger partial charge is 0.0715 e. The van der Waals surface area contributed by atoms with Gasteiger partial charge in [0.2, 0.25) is 0 Å². The molecule has 0 amide bonds. The number of pyridine rings is 2. The molecule has 0 aliphatic rings. The van der Waals surface area contributed by atoms with Gasteiger partial charge in [0.1, 0.15) is 0 Å². The van der Waals surface area contributed by atoms with E-state index in [4.69, 9.17) is 9.97 Å². The molecular formula is C52H38N2. The van der Waals surface area contributed by atoms with Crippen LogP contribution in [0.1, 0.15) is 0 Å². The van der Waals surface area contributed by atoms with Gasteiger partial charge in [-0.3, -0.25) is 0 Å². The van der Waals surface area contributed by atoms with Gasteiger partial charge in [-0.15, -0.1) is 0 Å². The van der Waals surface area contributed by atoms with Gasteiger partial charge in [-0.05, 0) is 63.7 Å². The normalized spacial score (nSPS) is 10.6. The zero-order chi connectivity index (χ0) is 36.4. The molecule has 0 unspecified atom stereocenters. The Morgan fingerprint density at radius 1 is 0.167 bits per heavy atom. The lowest BCUT2D eigenvalue weighted by molar-refractivity contribution is 1.32. The van der Waals surface area contributed by atoms with Gasteiger partial charge in [0.05, 0.1) is 22.8 Å². The molecule has 7 aromatic carbocycles. The van der Waals surface area contributed by atoms with E-state index in [1.165, 1.54) is 33.4 Å². The molecule has 2 heteroatoms. The van der Waals surface area contributed by atoms with Crippen molar-refractivity contribution in [3.63, 3.8) is 0 Å². The molecule has 0 aliphatic heterocycles. The number of benzene rings is 7. The third-order valence-electron chi connectivity index (χ3n) is 9.34. The van der Waals surface area contributed by atoms with E-state index in [0.29, 0.717) is 0 Å². The van der Waals surface area contributed by atoms with Crippen molar-refractivity contribution in [2.45, 2.75) is 0 Å². The number of aromatic nitrogens is 2. The Hall–Kier alpha value is -7.16. The van der Waals surface area contributed by atoms with Crippen molar-refractivity contribution < 1.29 is 0 Å². The zero-order valence-corrected chi connectivity index (χ0v) is 29.8. The Bertz CT molecular complexity index is 2360. The predicted molar refractivity (Wildman–Crippen MR) is 227 cm³/mol. The summed E-state index contributed by atoms with van der Waals surface area (Å²) >= 11 is 0. The SMILES string of the molecule is c1ccc(-c2cc(-c3ccccc3)nc(-c3ccccc3)c2)cc1.c1ccc(-c2cccc(-c3cc(-c4ccccc4)cc(-c4ccccc4)n3)c2)cc1. The number of nitrogens with zero attached hydrogens (tertiary/aromatic N) is 2. The fourth-order valence-electron chi connectivity index (χ4n) is 6.56. The van der Waals surface area contributed by atoms with E-state index in [1.807, 2.05) is 60.7 Å². The first-order valence-corrected chi connectivity index (χ1v) is 18.2. The van der Waals surface area contributed by atoms with E-state index in [1.54, 1.807) is 0 Å². The van der Waals surface area contributed by atoms with E-state index >= 15 is 0 Å². The van der Waals surface area contributed by atoms with Gasteiger partial charge >= 0.3 is 0 Å². The monoisotopic (exact) mass is 690 g/mol. The first kappa shape index (κ1) is 34.0. The van der Waals surface area contributed by atoms with Crippen LogP contribution < -0.4 is 0 Å². The minimum Gasteiger partial charge on any atom is -0.248 e. The van der Waals surface area contributed by atoms with Crippen LogP contribution in [0.5, 0.6) is 0 Å². The molecule has 2 aromatic heterocycles. The molecule has 0 saturated heterocycles. The lowest BCUT2D eigenvalue weighted by Gasteiger charge is -2.11. The minimum atomic E-state index is 0.980. The number of hydrogen-bond donors (Lipinski definition) is 0. The van der Waals surface area contributed by atoms with Crippen molar-refractivity contribution in [3.8, 4) is 78.4 Å². The van der Waals surface area contributed by atoms with Gasteiger partial charge < -0.3 is 0 Å². The highest BCUT2D eigenvalue weighted by Crippen LogP contribution is 2.33. The lowest BCUT2D eigenvalue weighted by Crippen LogP contribution is -1.91. The summed E-state index contributed by atoms with van der Waals surface area (Å²) in [5.74, 6) is 0. The molecule has 0 bridgehead atoms. The van der Waals surface area contributed by atoms with Gasteiger partial charge in [0.25, 0.3) is 0 Å². The second kappa shape index (κ2) is 16.5. The summed E-state index contributed by atoms with van der Waals surface area (Å²) in [6, 6.07) is 79.8. The van der Waals surface area contributed by atoms with Crippen LogP contribution in [0.3, 0.4) is 0 Å². The van der Waals surface area contributed by atoms with E-state index in [-0.39, 0.29) is 0 Å². The second-order valence-corrected chi connectivity index (χ2v) is 13.0. The van der Waals surface area contributed by atoms with Gasteiger partial charge in [-0.2, -0.15) is 0 Å². The lowest BCUT2D eigenvalue weighted by atomic mass is 9.98. The molecule has 0 fully saturated rings. The maximum Gasteiger partial charge on any atom is 0.0715 e. The van der Waals surface area contributed by atoms with Crippen LogP contribution in [-0.4, -0.2) is 9.97 Å². The molecule has 9 aromatic rings. The average Bonchev–Trinajstić information content (AvgIpc) is 3.28. The minimum absolute atomic E-state index is 0.980. The topological polar surface area (TPSA) is 25.8 Å². The average molecular weight is 691 g/mol. The number of hydrogen-bond acceptors (Lipinski definition) is 2. The maximum atomic E-state index is 5.03. The molecule has 0 atom stereocenters. The van der Waals surface area contributed by atoms with Crippen LogP contribution in [0.25, 0.3) is 78.4 Å². The molecule has 0 radical (unpaired) electrons. The third kappa shape index (κ3) is 8.15. The number of rotatable bonds is 7. The predicted octanol–water partition coefficient (Wildman–Crippen LogP) is 13.8. The van der Waals surface area contributed by atoms with Crippen molar-refractivity contribution in [2.75, 3.05) is 0 Å². The van der Waals surface area contributed by atoms with Gasteiger partial charge in [0, 0.05) is 22.3 Å². The molecule has 0 saturated carbocycles. The van der Waals surface area contributed by atoms with E-state index in [2.05, 4.69) is 170 Å². The Kier molecular flexibility index (Phi) is 10.3. The molecule has 0 aliphatic carbocycles. The highest BCUT2D eigenvalue weighted by Gasteiger charge is 2.11. The summed E-state index contributed by atoms with van der Waals surface area (Å²) in [6.07, 6.45) is 0. The molecule has 2 heterocycles. The van der Waals surface area contributed by atoms with Crippen molar-refractivity contribution in [1.29, 1.82) is 0 Å². The summed E-state index contributed by atoms with van der Waals surface area (Å²) in [5, 5.41) is 0. The third-order valence-corrected chi connectivity index (χ3v) is 9.34. The largest absolute Gasteiger partial charge is 0.248 e. The summed E-state index contributed by atoms with van der Waals surface area (Å²) in [5.41, 5.74) is 15.6. The Morgan fingerprint density at radius 2 is 0.407 bits per heavy atom. The van der Waals surface area contributed by atoms with Crippen LogP contribution >= 0.6 is 0 Å². The molecule has 0 spiro atoms. The first-order valence-electron chi connectivity index (χ1n) is 18.2. The molecular weight excluding hydrogens is 653 g/mol. The Morgan fingerprint density at radius 3 is 0.741 bits per heavy atom. The zero-order valence-electron chi connectivity index (χ0n) is 29.8. The standard InChI is InChI=1S/C29H21N.C23H17N/c1-4-11-22(12-5-1)25-17-10-18-26(19-25)29-21-27(23-13-6-2-7-14-23)20-28(30-29)24-15-8-3-9-16-24;1-4-10-18(11-5-1)21-16-22(19-12-6-2-7-13-19)24-23(17-21)20-14-8-3-9-15-20/h1-21H;1-17H. The van der Waals surface area contributed by atoms with Crippen LogP contribution in [-0.2, 0) is 0 Å². The molecule has 9 rings (SSSR count). The molecule has 256 valence electrons. The van der Waals surface area contributed by atoms with Gasteiger partial charge in [0.15, 0.2) is 0 Å². The van der Waals surface area contributed by atoms with Gasteiger partial charge in [-0.25, -0.2) is 9.97 Å². The maximum absolute atomic E-state index is 5.03. The highest BCUT2D eigenvalue weighted by atomic mass is 14.7. The van der Waals surface area contributed by atoms with Crippen LogP contribution in [0.15, 0.2) is 231 Å². The van der Waals surface area contributed by atoms with Gasteiger partial charge in [-0.1, -0.05) is 200 Å². The first-order chi connectivity index (χ1) is 26.8. The van der Waals surface area contributed by atoms with Crippen LogP contribution in [0.4, 0.5) is 0 Å². The van der Waals surface area contributed by atoms with Crippen molar-refractivity contribution >= 4 is 0 Å². The fraction of sp³-hybridized carbons (Fsp3) is 0.